The Hall–Kier alpha value is -2.36. The second-order valence-electron chi connectivity index (χ2n) is 4.99. The van der Waals surface area contributed by atoms with Crippen molar-refractivity contribution in [1.82, 2.24) is 0 Å². The Balaban J connectivity index is 2.24. The third-order valence-corrected chi connectivity index (χ3v) is 3.25. The first-order chi connectivity index (χ1) is 10.0. The number of halogens is 1. The highest BCUT2D eigenvalue weighted by Gasteiger charge is 2.12. The Morgan fingerprint density at radius 3 is 2.52 bits per heavy atom. The van der Waals surface area contributed by atoms with Crippen LogP contribution in [0, 0.1) is 19.7 Å². The number of carbonyl (C=O) groups is 1. The molecule has 0 aliphatic heterocycles. The summed E-state index contributed by atoms with van der Waals surface area (Å²) >= 11 is 0. The minimum Gasteiger partial charge on any atom is -0.465 e. The maximum absolute atomic E-state index is 13.7. The maximum Gasteiger partial charge on any atom is 0.339 e. The van der Waals surface area contributed by atoms with Gasteiger partial charge in [-0.15, -0.1) is 0 Å². The summed E-state index contributed by atoms with van der Waals surface area (Å²) in [5.74, 6) is -0.675. The van der Waals surface area contributed by atoms with Crippen molar-refractivity contribution in [1.29, 1.82) is 0 Å². The summed E-state index contributed by atoms with van der Waals surface area (Å²) in [6, 6.07) is 10.4. The lowest BCUT2D eigenvalue weighted by Gasteiger charge is -2.12. The van der Waals surface area contributed by atoms with Gasteiger partial charge in [0.25, 0.3) is 0 Å². The Kier molecular flexibility index (Phi) is 4.58. The monoisotopic (exact) mass is 287 g/mol. The first-order valence-corrected chi connectivity index (χ1v) is 6.69. The summed E-state index contributed by atoms with van der Waals surface area (Å²) in [4.78, 5) is 11.8. The molecular weight excluding hydrogens is 269 g/mol. The largest absolute Gasteiger partial charge is 0.465 e. The van der Waals surface area contributed by atoms with E-state index in [-0.39, 0.29) is 5.82 Å². The number of rotatable bonds is 4. The van der Waals surface area contributed by atoms with Gasteiger partial charge in [0.05, 0.1) is 12.7 Å². The highest BCUT2D eigenvalue weighted by atomic mass is 19.1. The van der Waals surface area contributed by atoms with Crippen molar-refractivity contribution in [2.75, 3.05) is 12.4 Å². The molecule has 0 aromatic heterocycles. The van der Waals surface area contributed by atoms with Crippen LogP contribution in [0.15, 0.2) is 36.4 Å². The fraction of sp³-hybridized carbons (Fsp3) is 0.235. The molecule has 0 spiro atoms. The molecule has 0 unspecified atom stereocenters. The zero-order chi connectivity index (χ0) is 15.4. The molecule has 0 fully saturated rings. The molecule has 110 valence electrons. The van der Waals surface area contributed by atoms with Gasteiger partial charge in [-0.05, 0) is 32.0 Å². The lowest BCUT2D eigenvalue weighted by molar-refractivity contribution is 0.0601. The van der Waals surface area contributed by atoms with Crippen molar-refractivity contribution >= 4 is 11.7 Å². The number of anilines is 1. The van der Waals surface area contributed by atoms with Gasteiger partial charge in [0, 0.05) is 17.8 Å². The van der Waals surface area contributed by atoms with E-state index in [1.807, 2.05) is 19.9 Å². The number of aryl methyl sites for hydroxylation is 2. The van der Waals surface area contributed by atoms with E-state index >= 15 is 0 Å². The van der Waals surface area contributed by atoms with E-state index in [1.54, 1.807) is 24.3 Å². The lowest BCUT2D eigenvalue weighted by Crippen LogP contribution is -2.09. The third kappa shape index (κ3) is 3.60. The lowest BCUT2D eigenvalue weighted by atomic mass is 10.1. The smallest absolute Gasteiger partial charge is 0.339 e. The molecule has 0 saturated heterocycles. The van der Waals surface area contributed by atoms with E-state index in [4.69, 9.17) is 4.74 Å². The topological polar surface area (TPSA) is 38.3 Å². The Morgan fingerprint density at radius 1 is 1.14 bits per heavy atom. The van der Waals surface area contributed by atoms with Gasteiger partial charge < -0.3 is 10.1 Å². The SMILES string of the molecule is COC(=O)c1cc(C)ccc1NCc1cc(C)ccc1F. The summed E-state index contributed by atoms with van der Waals surface area (Å²) in [7, 11) is 1.34. The standard InChI is InChI=1S/C17H18FNO2/c1-11-4-6-15(18)13(8-11)10-19-16-7-5-12(2)9-14(16)17(20)21-3/h4-9,19H,10H2,1-3H3. The van der Waals surface area contributed by atoms with E-state index in [9.17, 15) is 9.18 Å². The number of benzene rings is 2. The highest BCUT2D eigenvalue weighted by Crippen LogP contribution is 2.20. The van der Waals surface area contributed by atoms with E-state index < -0.39 is 5.97 Å². The van der Waals surface area contributed by atoms with Crippen LogP contribution in [0.4, 0.5) is 10.1 Å². The zero-order valence-corrected chi connectivity index (χ0v) is 12.4. The maximum atomic E-state index is 13.7. The van der Waals surface area contributed by atoms with E-state index in [0.29, 0.717) is 23.4 Å². The van der Waals surface area contributed by atoms with Crippen LogP contribution in [0.3, 0.4) is 0 Å². The van der Waals surface area contributed by atoms with Crippen LogP contribution in [0.5, 0.6) is 0 Å². The van der Waals surface area contributed by atoms with Gasteiger partial charge in [-0.1, -0.05) is 29.3 Å². The fourth-order valence-electron chi connectivity index (χ4n) is 2.12. The molecule has 3 nitrogen and oxygen atoms in total. The summed E-state index contributed by atoms with van der Waals surface area (Å²) < 4.78 is 18.5. The molecule has 0 radical (unpaired) electrons. The van der Waals surface area contributed by atoms with Crippen LogP contribution >= 0.6 is 0 Å². The predicted molar refractivity (Wildman–Crippen MR) is 81.0 cm³/mol. The van der Waals surface area contributed by atoms with E-state index in [2.05, 4.69) is 5.32 Å². The fourth-order valence-corrected chi connectivity index (χ4v) is 2.12. The van der Waals surface area contributed by atoms with Crippen LogP contribution in [-0.2, 0) is 11.3 Å². The van der Waals surface area contributed by atoms with Crippen LogP contribution in [0.2, 0.25) is 0 Å². The molecule has 0 aliphatic carbocycles. The molecule has 2 aromatic rings. The molecule has 0 heterocycles. The van der Waals surface area contributed by atoms with E-state index in [0.717, 1.165) is 11.1 Å². The van der Waals surface area contributed by atoms with Crippen LogP contribution in [0.1, 0.15) is 27.0 Å². The minimum atomic E-state index is -0.411. The second-order valence-corrected chi connectivity index (χ2v) is 4.99. The minimum absolute atomic E-state index is 0.264. The average molecular weight is 287 g/mol. The predicted octanol–water partition coefficient (Wildman–Crippen LogP) is 3.84. The normalized spacial score (nSPS) is 10.3. The van der Waals surface area contributed by atoms with Crippen molar-refractivity contribution in [3.63, 3.8) is 0 Å². The van der Waals surface area contributed by atoms with Gasteiger partial charge in [0.2, 0.25) is 0 Å². The quantitative estimate of drug-likeness (QED) is 0.868. The van der Waals surface area contributed by atoms with Gasteiger partial charge in [0.1, 0.15) is 5.82 Å². The Bertz CT molecular complexity index is 668. The summed E-state index contributed by atoms with van der Waals surface area (Å²) in [6.45, 7) is 4.12. The van der Waals surface area contributed by atoms with Crippen molar-refractivity contribution in [3.8, 4) is 0 Å². The summed E-state index contributed by atoms with van der Waals surface area (Å²) in [6.07, 6.45) is 0. The van der Waals surface area contributed by atoms with Gasteiger partial charge in [-0.3, -0.25) is 0 Å². The van der Waals surface area contributed by atoms with E-state index in [1.165, 1.54) is 13.2 Å². The number of nitrogens with one attached hydrogen (secondary N) is 1. The molecule has 0 atom stereocenters. The molecule has 21 heavy (non-hydrogen) atoms. The summed E-state index contributed by atoms with van der Waals surface area (Å²) in [5, 5.41) is 3.10. The molecular formula is C17H18FNO2. The number of ether oxygens (including phenoxy) is 1. The molecule has 4 heteroatoms. The number of carbonyl (C=O) groups excluding carboxylic acids is 1. The van der Waals surface area contributed by atoms with Gasteiger partial charge >= 0.3 is 5.97 Å². The number of hydrogen-bond donors (Lipinski definition) is 1. The van der Waals surface area contributed by atoms with Crippen molar-refractivity contribution in [2.45, 2.75) is 20.4 Å². The Labute approximate surface area is 123 Å². The number of esters is 1. The summed E-state index contributed by atoms with van der Waals surface area (Å²) in [5.41, 5.74) is 3.60. The van der Waals surface area contributed by atoms with Crippen molar-refractivity contribution in [2.24, 2.45) is 0 Å². The molecule has 2 aromatic carbocycles. The average Bonchev–Trinajstić information content (AvgIpc) is 2.48. The molecule has 0 aliphatic rings. The van der Waals surface area contributed by atoms with Gasteiger partial charge in [-0.25, -0.2) is 9.18 Å². The first kappa shape index (κ1) is 15.0. The number of hydrogen-bond acceptors (Lipinski definition) is 3. The van der Waals surface area contributed by atoms with Crippen molar-refractivity contribution < 1.29 is 13.9 Å². The molecule has 2 rings (SSSR count). The third-order valence-electron chi connectivity index (χ3n) is 3.25. The first-order valence-electron chi connectivity index (χ1n) is 6.69. The van der Waals surface area contributed by atoms with Crippen molar-refractivity contribution in [3.05, 3.63) is 64.5 Å². The highest BCUT2D eigenvalue weighted by molar-refractivity contribution is 5.95. The van der Waals surface area contributed by atoms with Crippen LogP contribution in [-0.4, -0.2) is 13.1 Å². The second kappa shape index (κ2) is 6.39. The van der Waals surface area contributed by atoms with Crippen LogP contribution in [0.25, 0.3) is 0 Å². The Morgan fingerprint density at radius 2 is 1.81 bits per heavy atom. The molecule has 0 saturated carbocycles. The molecule has 1 N–H and O–H groups in total. The zero-order valence-electron chi connectivity index (χ0n) is 12.4. The number of methoxy groups -OCH3 is 1. The van der Waals surface area contributed by atoms with Gasteiger partial charge in [0.15, 0.2) is 0 Å². The van der Waals surface area contributed by atoms with Crippen LogP contribution < -0.4 is 5.32 Å². The molecule has 0 amide bonds. The van der Waals surface area contributed by atoms with Gasteiger partial charge in [-0.2, -0.15) is 0 Å². The molecule has 0 bridgehead atoms.